The molecule has 1 aromatic rings. The molecule has 1 aromatic heterocycles. The summed E-state index contributed by atoms with van der Waals surface area (Å²) in [6, 6.07) is 3.50. The fourth-order valence-electron chi connectivity index (χ4n) is 1.71. The van der Waals surface area contributed by atoms with Crippen molar-refractivity contribution in [1.29, 1.82) is 0 Å². The number of aliphatic hydroxyl groups excluding tert-OH is 1. The maximum Gasteiger partial charge on any atom is 0.143 e. The summed E-state index contributed by atoms with van der Waals surface area (Å²) in [7, 11) is 0. The molecule has 5 heteroatoms. The molecule has 1 unspecified atom stereocenters. The third kappa shape index (κ3) is 2.18. The van der Waals surface area contributed by atoms with Crippen LogP contribution >= 0.6 is 0 Å². The van der Waals surface area contributed by atoms with Crippen molar-refractivity contribution in [2.75, 3.05) is 23.7 Å². The Hall–Kier alpha value is -1.36. The smallest absolute Gasteiger partial charge is 0.143 e. The molecule has 1 aliphatic rings. The predicted octanol–water partition coefficient (Wildman–Crippen LogP) is 0.573. The minimum absolute atomic E-state index is 0.215. The number of alkyl halides is 1. The van der Waals surface area contributed by atoms with Gasteiger partial charge in [-0.15, -0.1) is 0 Å². The Balaban J connectivity index is 2.08. The van der Waals surface area contributed by atoms with Crippen LogP contribution in [0.4, 0.5) is 15.9 Å². The molecule has 2 rings (SSSR count). The number of hydrogen-bond donors (Lipinski definition) is 2. The summed E-state index contributed by atoms with van der Waals surface area (Å²) in [4.78, 5) is 5.81. The van der Waals surface area contributed by atoms with Crippen molar-refractivity contribution >= 4 is 11.5 Å². The van der Waals surface area contributed by atoms with Gasteiger partial charge in [-0.25, -0.2) is 9.37 Å². The Morgan fingerprint density at radius 1 is 1.53 bits per heavy atom. The number of halogens is 1. The molecule has 2 heterocycles. The summed E-state index contributed by atoms with van der Waals surface area (Å²) < 4.78 is 13.3. The Bertz CT molecular complexity index is 330. The number of rotatable bonds is 1. The van der Waals surface area contributed by atoms with Crippen LogP contribution in [0, 0.1) is 0 Å². The van der Waals surface area contributed by atoms with Crippen LogP contribution in [0.3, 0.4) is 0 Å². The van der Waals surface area contributed by atoms with E-state index in [-0.39, 0.29) is 6.54 Å². The minimum Gasteiger partial charge on any atom is -0.390 e. The van der Waals surface area contributed by atoms with Crippen LogP contribution < -0.4 is 10.6 Å². The second-order valence-corrected chi connectivity index (χ2v) is 3.76. The third-order valence-electron chi connectivity index (χ3n) is 2.64. The number of pyridine rings is 1. The number of piperidine rings is 1. The van der Waals surface area contributed by atoms with Crippen LogP contribution in [-0.2, 0) is 0 Å². The van der Waals surface area contributed by atoms with Crippen LogP contribution in [0.2, 0.25) is 0 Å². The quantitative estimate of drug-likeness (QED) is 0.713. The molecule has 4 nitrogen and oxygen atoms in total. The van der Waals surface area contributed by atoms with E-state index in [1.807, 2.05) is 11.0 Å². The van der Waals surface area contributed by atoms with E-state index in [0.717, 1.165) is 5.69 Å². The van der Waals surface area contributed by atoms with E-state index >= 15 is 0 Å². The first-order chi connectivity index (χ1) is 7.16. The van der Waals surface area contributed by atoms with E-state index in [1.54, 1.807) is 12.3 Å². The summed E-state index contributed by atoms with van der Waals surface area (Å²) >= 11 is 0. The molecule has 0 aliphatic carbocycles. The fraction of sp³-hybridized carbons (Fsp3) is 0.500. The maximum absolute atomic E-state index is 13.3. The first-order valence-electron chi connectivity index (χ1n) is 4.95. The van der Waals surface area contributed by atoms with E-state index in [4.69, 9.17) is 5.73 Å². The highest BCUT2D eigenvalue weighted by Crippen LogP contribution is 2.21. The number of anilines is 2. The van der Waals surface area contributed by atoms with Gasteiger partial charge in [0.25, 0.3) is 0 Å². The van der Waals surface area contributed by atoms with Crippen molar-refractivity contribution in [2.24, 2.45) is 0 Å². The van der Waals surface area contributed by atoms with Crippen LogP contribution in [-0.4, -0.2) is 35.5 Å². The van der Waals surface area contributed by atoms with Gasteiger partial charge in [0, 0.05) is 6.54 Å². The lowest BCUT2D eigenvalue weighted by Gasteiger charge is -2.33. The molecule has 1 saturated heterocycles. The maximum atomic E-state index is 13.3. The second kappa shape index (κ2) is 4.02. The Labute approximate surface area is 87.5 Å². The lowest BCUT2D eigenvalue weighted by Crippen LogP contribution is -2.44. The summed E-state index contributed by atoms with van der Waals surface area (Å²) in [5.74, 6) is 0.451. The first kappa shape index (κ1) is 10.2. The molecule has 1 aliphatic heterocycles. The monoisotopic (exact) mass is 211 g/mol. The van der Waals surface area contributed by atoms with Gasteiger partial charge in [0.2, 0.25) is 0 Å². The van der Waals surface area contributed by atoms with Gasteiger partial charge >= 0.3 is 0 Å². The van der Waals surface area contributed by atoms with E-state index in [2.05, 4.69) is 4.98 Å². The zero-order chi connectivity index (χ0) is 10.8. The second-order valence-electron chi connectivity index (χ2n) is 3.76. The van der Waals surface area contributed by atoms with E-state index < -0.39 is 12.3 Å². The fourth-order valence-corrected chi connectivity index (χ4v) is 1.71. The van der Waals surface area contributed by atoms with Crippen molar-refractivity contribution in [3.63, 3.8) is 0 Å². The van der Waals surface area contributed by atoms with Gasteiger partial charge in [-0.05, 0) is 18.6 Å². The average Bonchev–Trinajstić information content (AvgIpc) is 2.23. The van der Waals surface area contributed by atoms with Crippen molar-refractivity contribution in [1.82, 2.24) is 4.98 Å². The third-order valence-corrected chi connectivity index (χ3v) is 2.64. The van der Waals surface area contributed by atoms with Crippen molar-refractivity contribution in [3.8, 4) is 0 Å². The predicted molar refractivity (Wildman–Crippen MR) is 56.4 cm³/mol. The van der Waals surface area contributed by atoms with Gasteiger partial charge in [0.1, 0.15) is 12.0 Å². The summed E-state index contributed by atoms with van der Waals surface area (Å²) in [5, 5.41) is 9.25. The Morgan fingerprint density at radius 2 is 2.33 bits per heavy atom. The van der Waals surface area contributed by atoms with E-state index in [9.17, 15) is 9.50 Å². The number of nitrogen functional groups attached to an aromatic ring is 1. The number of hydrogen-bond acceptors (Lipinski definition) is 4. The molecule has 3 N–H and O–H groups in total. The van der Waals surface area contributed by atoms with Gasteiger partial charge in [0.15, 0.2) is 0 Å². The van der Waals surface area contributed by atoms with Gasteiger partial charge in [-0.3, -0.25) is 0 Å². The van der Waals surface area contributed by atoms with Crippen molar-refractivity contribution < 1.29 is 9.50 Å². The standard InChI is InChI=1S/C10H14FN3O/c11-8-6-14(4-3-9(8)15)7-1-2-10(12)13-5-7/h1-2,5,8-9,15H,3-4,6H2,(H2,12,13)/t8-,9?/m0/s1. The SMILES string of the molecule is Nc1ccc(N2CCC(O)[C@@H](F)C2)cn1. The highest BCUT2D eigenvalue weighted by atomic mass is 19.1. The topological polar surface area (TPSA) is 62.4 Å². The number of aliphatic hydroxyl groups is 1. The first-order valence-corrected chi connectivity index (χ1v) is 4.95. The molecule has 0 amide bonds. The molecule has 0 bridgehead atoms. The van der Waals surface area contributed by atoms with Gasteiger partial charge < -0.3 is 15.7 Å². The molecular weight excluding hydrogens is 197 g/mol. The van der Waals surface area contributed by atoms with Gasteiger partial charge in [-0.2, -0.15) is 0 Å². The highest BCUT2D eigenvalue weighted by molar-refractivity contribution is 5.48. The zero-order valence-electron chi connectivity index (χ0n) is 8.31. The highest BCUT2D eigenvalue weighted by Gasteiger charge is 2.27. The molecule has 0 aromatic carbocycles. The molecule has 0 spiro atoms. The van der Waals surface area contributed by atoms with E-state index in [1.165, 1.54) is 0 Å². The van der Waals surface area contributed by atoms with Crippen LogP contribution in [0.15, 0.2) is 18.3 Å². The lowest BCUT2D eigenvalue weighted by atomic mass is 10.1. The number of nitrogens with zero attached hydrogens (tertiary/aromatic N) is 2. The molecule has 1 fully saturated rings. The number of nitrogens with two attached hydrogens (primary N) is 1. The zero-order valence-corrected chi connectivity index (χ0v) is 8.31. The molecule has 0 radical (unpaired) electrons. The lowest BCUT2D eigenvalue weighted by molar-refractivity contribution is 0.0615. The van der Waals surface area contributed by atoms with Gasteiger partial charge in [0.05, 0.1) is 24.5 Å². The average molecular weight is 211 g/mol. The van der Waals surface area contributed by atoms with Crippen LogP contribution in [0.1, 0.15) is 6.42 Å². The van der Waals surface area contributed by atoms with Gasteiger partial charge in [-0.1, -0.05) is 0 Å². The molecular formula is C10H14FN3O. The van der Waals surface area contributed by atoms with E-state index in [0.29, 0.717) is 18.8 Å². The molecule has 0 saturated carbocycles. The normalized spacial score (nSPS) is 26.7. The Morgan fingerprint density at radius 3 is 2.93 bits per heavy atom. The molecule has 2 atom stereocenters. The van der Waals surface area contributed by atoms with Crippen molar-refractivity contribution in [3.05, 3.63) is 18.3 Å². The Kier molecular flexibility index (Phi) is 2.73. The molecule has 15 heavy (non-hydrogen) atoms. The summed E-state index contributed by atoms with van der Waals surface area (Å²) in [6.45, 7) is 0.861. The summed E-state index contributed by atoms with van der Waals surface area (Å²) in [6.07, 6.45) is 0.0602. The van der Waals surface area contributed by atoms with Crippen molar-refractivity contribution in [2.45, 2.75) is 18.7 Å². The number of aromatic nitrogens is 1. The van der Waals surface area contributed by atoms with Crippen LogP contribution in [0.5, 0.6) is 0 Å². The molecule has 82 valence electrons. The minimum atomic E-state index is -1.18. The summed E-state index contributed by atoms with van der Waals surface area (Å²) in [5.41, 5.74) is 6.31. The largest absolute Gasteiger partial charge is 0.390 e. The van der Waals surface area contributed by atoms with Crippen LogP contribution in [0.25, 0.3) is 0 Å².